The number of hydrogen-bond donors (Lipinski definition) is 1. The molecule has 0 aliphatic carbocycles. The fourth-order valence-electron chi connectivity index (χ4n) is 7.84. The number of nitrogens with one attached hydrogen (secondary N) is 1. The molecule has 0 unspecified atom stereocenters. The van der Waals surface area contributed by atoms with E-state index in [-0.39, 0.29) is 29.0 Å². The zero-order valence-electron chi connectivity index (χ0n) is 29.6. The van der Waals surface area contributed by atoms with Crippen molar-refractivity contribution in [2.75, 3.05) is 29.5 Å². The molecule has 1 saturated heterocycles. The van der Waals surface area contributed by atoms with Crippen LogP contribution in [0.2, 0.25) is 5.02 Å². The van der Waals surface area contributed by atoms with Gasteiger partial charge in [-0.25, -0.2) is 9.69 Å². The summed E-state index contributed by atoms with van der Waals surface area (Å²) in [6, 6.07) is 34.9. The highest BCUT2D eigenvalue weighted by atomic mass is 79.9. The molecule has 10 heteroatoms. The number of urea groups is 1. The molecule has 0 radical (unpaired) electrons. The summed E-state index contributed by atoms with van der Waals surface area (Å²) in [7, 11) is 0. The standard InChI is InChI=1S/C44H37BrClN3O5/c1-2-53-39-23-28(22-38(46)41(39)54-26-27-13-15-31(45)16-14-27)21-37-42(50)47-44(52)49(43(37)51)32-24-35-33(29-9-5-3-6-10-29)17-19-48-20-18-34(36(25-32)40(35)48)30-11-7-4-8-12-30/h3-16,21-25,33-34H,2,17-20,26H2,1H3,(H,47,50,52)/b37-21+/t33-,34-/m1/s1. The van der Waals surface area contributed by atoms with Gasteiger partial charge in [-0.2, -0.15) is 0 Å². The molecule has 1 fully saturated rings. The van der Waals surface area contributed by atoms with Gasteiger partial charge < -0.3 is 14.4 Å². The number of rotatable bonds is 9. The lowest BCUT2D eigenvalue weighted by Crippen LogP contribution is -2.54. The molecule has 2 atom stereocenters. The van der Waals surface area contributed by atoms with Crippen LogP contribution in [0.5, 0.6) is 11.5 Å². The summed E-state index contributed by atoms with van der Waals surface area (Å²) in [6.45, 7) is 4.24. The molecule has 8 nitrogen and oxygen atoms in total. The summed E-state index contributed by atoms with van der Waals surface area (Å²) in [5.41, 5.74) is 7.23. The average Bonchev–Trinajstić information content (AvgIpc) is 3.18. The minimum Gasteiger partial charge on any atom is -0.490 e. The SMILES string of the molecule is CCOc1cc(/C=C2\C(=O)NC(=O)N(c3cc4c5c(c3)[C@@H](c3ccccc3)CCN5CC[C@@H]4c3ccccc3)C2=O)cc(Cl)c1OCc1ccc(Br)cc1. The fourth-order valence-corrected chi connectivity index (χ4v) is 8.38. The van der Waals surface area contributed by atoms with Gasteiger partial charge in [0.15, 0.2) is 11.5 Å². The lowest BCUT2D eigenvalue weighted by atomic mass is 9.76. The first-order chi connectivity index (χ1) is 26.3. The van der Waals surface area contributed by atoms with Gasteiger partial charge >= 0.3 is 6.03 Å². The number of amides is 4. The highest BCUT2D eigenvalue weighted by Crippen LogP contribution is 2.50. The van der Waals surface area contributed by atoms with Crippen LogP contribution in [0.4, 0.5) is 16.2 Å². The van der Waals surface area contributed by atoms with Crippen molar-refractivity contribution < 1.29 is 23.9 Å². The van der Waals surface area contributed by atoms with E-state index < -0.39 is 17.8 Å². The van der Waals surface area contributed by atoms with E-state index in [9.17, 15) is 14.4 Å². The Morgan fingerprint density at radius 1 is 0.815 bits per heavy atom. The number of carbonyl (C=O) groups excluding carboxylic acids is 3. The third kappa shape index (κ3) is 6.90. The second-order valence-electron chi connectivity index (χ2n) is 13.6. The molecule has 3 aliphatic heterocycles. The number of hydrogen-bond acceptors (Lipinski definition) is 6. The van der Waals surface area contributed by atoms with E-state index >= 15 is 0 Å². The lowest BCUT2D eigenvalue weighted by molar-refractivity contribution is -0.122. The monoisotopic (exact) mass is 801 g/mol. The Balaban J connectivity index is 1.19. The fraction of sp³-hybridized carbons (Fsp3) is 0.205. The number of anilines is 2. The average molecular weight is 803 g/mol. The third-order valence-electron chi connectivity index (χ3n) is 10.3. The zero-order valence-corrected chi connectivity index (χ0v) is 31.9. The van der Waals surface area contributed by atoms with Crippen molar-refractivity contribution in [3.8, 4) is 11.5 Å². The number of nitrogens with zero attached hydrogens (tertiary/aromatic N) is 2. The Labute approximate surface area is 327 Å². The van der Waals surface area contributed by atoms with Crippen molar-refractivity contribution in [2.24, 2.45) is 0 Å². The number of barbiturate groups is 1. The zero-order chi connectivity index (χ0) is 37.3. The van der Waals surface area contributed by atoms with Crippen molar-refractivity contribution in [3.05, 3.63) is 158 Å². The van der Waals surface area contributed by atoms with Crippen LogP contribution in [-0.2, 0) is 16.2 Å². The number of ether oxygens (including phenoxy) is 2. The van der Waals surface area contributed by atoms with E-state index in [0.717, 1.165) is 57.7 Å². The molecule has 0 saturated carbocycles. The summed E-state index contributed by atoms with van der Waals surface area (Å²) >= 11 is 10.2. The van der Waals surface area contributed by atoms with Crippen LogP contribution in [0.3, 0.4) is 0 Å². The van der Waals surface area contributed by atoms with Crippen molar-refractivity contribution in [3.63, 3.8) is 0 Å². The molecule has 0 spiro atoms. The molecular formula is C44H37BrClN3O5. The van der Waals surface area contributed by atoms with Crippen LogP contribution in [0.1, 0.15) is 65.0 Å². The summed E-state index contributed by atoms with van der Waals surface area (Å²) in [5.74, 6) is -0.680. The normalized spacial score (nSPS) is 18.7. The van der Waals surface area contributed by atoms with E-state index in [1.165, 1.54) is 17.2 Å². The second kappa shape index (κ2) is 15.2. The van der Waals surface area contributed by atoms with Gasteiger partial charge in [-0.15, -0.1) is 0 Å². The van der Waals surface area contributed by atoms with Crippen LogP contribution in [0.25, 0.3) is 6.08 Å². The Bertz CT molecular complexity index is 2210. The predicted molar refractivity (Wildman–Crippen MR) is 215 cm³/mol. The first kappa shape index (κ1) is 35.6. The first-order valence-electron chi connectivity index (χ1n) is 18.1. The molecule has 1 N–H and O–H groups in total. The Hall–Kier alpha value is -5.38. The van der Waals surface area contributed by atoms with Gasteiger partial charge in [-0.1, -0.05) is 100 Å². The van der Waals surface area contributed by atoms with Gasteiger partial charge in [-0.05, 0) is 95.6 Å². The Morgan fingerprint density at radius 2 is 1.43 bits per heavy atom. The maximum atomic E-state index is 14.4. The van der Waals surface area contributed by atoms with Crippen LogP contribution in [0, 0.1) is 0 Å². The van der Waals surface area contributed by atoms with E-state index in [2.05, 4.69) is 50.4 Å². The number of carbonyl (C=O) groups is 3. The molecule has 272 valence electrons. The maximum Gasteiger partial charge on any atom is 0.335 e. The highest BCUT2D eigenvalue weighted by Gasteiger charge is 2.40. The number of benzene rings is 5. The maximum absolute atomic E-state index is 14.4. The smallest absolute Gasteiger partial charge is 0.335 e. The van der Waals surface area contributed by atoms with Gasteiger partial charge in [0.1, 0.15) is 12.2 Å². The Kier molecular flexibility index (Phi) is 10.0. The van der Waals surface area contributed by atoms with Crippen LogP contribution >= 0.6 is 27.5 Å². The molecule has 54 heavy (non-hydrogen) atoms. The largest absolute Gasteiger partial charge is 0.490 e. The molecule has 8 rings (SSSR count). The van der Waals surface area contributed by atoms with Crippen LogP contribution in [0.15, 0.2) is 119 Å². The predicted octanol–water partition coefficient (Wildman–Crippen LogP) is 9.62. The van der Waals surface area contributed by atoms with Gasteiger partial charge in [0.05, 0.1) is 17.3 Å². The Morgan fingerprint density at radius 3 is 2.02 bits per heavy atom. The number of halogens is 2. The summed E-state index contributed by atoms with van der Waals surface area (Å²) in [6.07, 6.45) is 3.23. The summed E-state index contributed by atoms with van der Waals surface area (Å²) < 4.78 is 12.9. The van der Waals surface area contributed by atoms with Crippen LogP contribution < -0.4 is 24.6 Å². The topological polar surface area (TPSA) is 88.2 Å². The lowest BCUT2D eigenvalue weighted by Gasteiger charge is -2.44. The van der Waals surface area contributed by atoms with Gasteiger partial charge in [0, 0.05) is 35.1 Å². The van der Waals surface area contributed by atoms with E-state index in [0.29, 0.717) is 29.4 Å². The van der Waals surface area contributed by atoms with E-state index in [1.807, 2.05) is 79.7 Å². The van der Waals surface area contributed by atoms with Gasteiger partial charge in [0.2, 0.25) is 0 Å². The molecule has 5 aromatic carbocycles. The molecule has 0 bridgehead atoms. The molecule has 5 aromatic rings. The highest BCUT2D eigenvalue weighted by molar-refractivity contribution is 9.10. The van der Waals surface area contributed by atoms with Crippen molar-refractivity contribution in [1.82, 2.24) is 5.32 Å². The third-order valence-corrected chi connectivity index (χ3v) is 11.1. The van der Waals surface area contributed by atoms with E-state index in [4.69, 9.17) is 21.1 Å². The van der Waals surface area contributed by atoms with Crippen molar-refractivity contribution in [1.29, 1.82) is 0 Å². The van der Waals surface area contributed by atoms with Crippen molar-refractivity contribution >= 4 is 62.8 Å². The molecule has 3 aliphatic rings. The van der Waals surface area contributed by atoms with Gasteiger partial charge in [0.25, 0.3) is 11.8 Å². The van der Waals surface area contributed by atoms with Gasteiger partial charge in [-0.3, -0.25) is 14.9 Å². The first-order valence-corrected chi connectivity index (χ1v) is 19.2. The van der Waals surface area contributed by atoms with Crippen molar-refractivity contribution in [2.45, 2.75) is 38.2 Å². The van der Waals surface area contributed by atoms with E-state index in [1.54, 1.807) is 12.1 Å². The molecule has 3 heterocycles. The summed E-state index contributed by atoms with van der Waals surface area (Å²) in [5, 5.41) is 2.67. The molecule has 4 amide bonds. The number of imide groups is 2. The summed E-state index contributed by atoms with van der Waals surface area (Å²) in [4.78, 5) is 45.0. The molecule has 0 aromatic heterocycles. The van der Waals surface area contributed by atoms with Crippen LogP contribution in [-0.4, -0.2) is 37.5 Å². The second-order valence-corrected chi connectivity index (χ2v) is 14.9. The molecular weight excluding hydrogens is 766 g/mol. The minimum atomic E-state index is -0.796. The minimum absolute atomic E-state index is 0.0638. The quantitative estimate of drug-likeness (QED) is 0.118.